The molecule has 4 aliphatic carbocycles. The lowest BCUT2D eigenvalue weighted by molar-refractivity contribution is -0.155. The van der Waals surface area contributed by atoms with Crippen LogP contribution in [0.4, 0.5) is 0 Å². The van der Waals surface area contributed by atoms with Gasteiger partial charge >= 0.3 is 0 Å². The van der Waals surface area contributed by atoms with Gasteiger partial charge in [0.2, 0.25) is 5.91 Å². The molecule has 1 aliphatic heterocycles. The Bertz CT molecular complexity index is 466. The Balaban J connectivity index is 1.43. The molecule has 0 radical (unpaired) electrons. The first kappa shape index (κ1) is 15.4. The number of likely N-dealkylation sites (N-methyl/N-ethyl adjacent to an activating group) is 1. The zero-order valence-corrected chi connectivity index (χ0v) is 15.3. The summed E-state index contributed by atoms with van der Waals surface area (Å²) in [5, 5.41) is 0. The van der Waals surface area contributed by atoms with E-state index < -0.39 is 0 Å². The quantitative estimate of drug-likeness (QED) is 0.760. The molecule has 0 spiro atoms. The van der Waals surface area contributed by atoms with E-state index in [2.05, 4.69) is 17.2 Å². The maximum atomic E-state index is 13.2. The third kappa shape index (κ3) is 2.64. The molecule has 2 nitrogen and oxygen atoms in total. The second-order valence-electron chi connectivity index (χ2n) is 8.05. The van der Waals surface area contributed by atoms with E-state index in [0.717, 1.165) is 30.7 Å². The molecule has 5 aliphatic rings. The van der Waals surface area contributed by atoms with Crippen molar-refractivity contribution in [3.63, 3.8) is 0 Å². The molecule has 1 heterocycles. The van der Waals surface area contributed by atoms with Crippen LogP contribution >= 0.6 is 23.5 Å². The number of thioether (sulfide) groups is 2. The van der Waals surface area contributed by atoms with E-state index in [4.69, 9.17) is 0 Å². The van der Waals surface area contributed by atoms with Crippen LogP contribution in [0.15, 0.2) is 11.0 Å². The normalized spacial score (nSPS) is 42.5. The molecule has 0 N–H and O–H groups in total. The van der Waals surface area contributed by atoms with Gasteiger partial charge < -0.3 is 4.90 Å². The molecule has 1 amide bonds. The van der Waals surface area contributed by atoms with E-state index in [0.29, 0.717) is 10.5 Å². The van der Waals surface area contributed by atoms with Crippen LogP contribution in [0.3, 0.4) is 0 Å². The van der Waals surface area contributed by atoms with Gasteiger partial charge in [-0.15, -0.1) is 11.8 Å². The zero-order chi connectivity index (χ0) is 15.3. The van der Waals surface area contributed by atoms with E-state index in [-0.39, 0.29) is 5.41 Å². The van der Waals surface area contributed by atoms with Crippen molar-refractivity contribution in [2.24, 2.45) is 23.2 Å². The number of hydrogen-bond acceptors (Lipinski definition) is 3. The molecule has 0 aromatic rings. The van der Waals surface area contributed by atoms with Crippen LogP contribution in [0.25, 0.3) is 0 Å². The highest BCUT2D eigenvalue weighted by molar-refractivity contribution is 8.18. The maximum absolute atomic E-state index is 13.2. The van der Waals surface area contributed by atoms with Gasteiger partial charge in [0.15, 0.2) is 0 Å². The van der Waals surface area contributed by atoms with Crippen molar-refractivity contribution >= 4 is 29.4 Å². The highest BCUT2D eigenvalue weighted by atomic mass is 32.2. The summed E-state index contributed by atoms with van der Waals surface area (Å²) in [5.74, 6) is 3.01. The molecular weight excluding hydrogens is 310 g/mol. The van der Waals surface area contributed by atoms with Crippen LogP contribution in [0, 0.1) is 23.2 Å². The predicted octanol–water partition coefficient (Wildman–Crippen LogP) is 4.37. The number of hydrogen-bond donors (Lipinski definition) is 0. The fourth-order valence-electron chi connectivity index (χ4n) is 5.82. The highest BCUT2D eigenvalue weighted by Gasteiger charge is 2.55. The largest absolute Gasteiger partial charge is 0.340 e. The van der Waals surface area contributed by atoms with Crippen LogP contribution in [-0.2, 0) is 4.79 Å². The van der Waals surface area contributed by atoms with Crippen LogP contribution in [0.5, 0.6) is 0 Å². The molecule has 4 heteroatoms. The lowest BCUT2D eigenvalue weighted by Gasteiger charge is -2.56. The summed E-state index contributed by atoms with van der Waals surface area (Å²) in [4.78, 5) is 16.7. The predicted molar refractivity (Wildman–Crippen MR) is 95.8 cm³/mol. The minimum absolute atomic E-state index is 0.0201. The average Bonchev–Trinajstić information content (AvgIpc) is 2.92. The number of carbonyl (C=O) groups is 1. The summed E-state index contributed by atoms with van der Waals surface area (Å²) in [7, 11) is 2.04. The monoisotopic (exact) mass is 337 g/mol. The van der Waals surface area contributed by atoms with Crippen molar-refractivity contribution in [2.75, 3.05) is 19.8 Å². The molecule has 4 saturated carbocycles. The number of allylic oxidation sites excluding steroid dienone is 1. The first-order valence-electron chi connectivity index (χ1n) is 8.72. The van der Waals surface area contributed by atoms with Gasteiger partial charge in [-0.05, 0) is 69.0 Å². The summed E-state index contributed by atoms with van der Waals surface area (Å²) in [5.41, 5.74) is 0.0201. The fraction of sp³-hybridized carbons (Fsp3) is 0.833. The van der Waals surface area contributed by atoms with E-state index in [1.165, 1.54) is 43.4 Å². The minimum atomic E-state index is 0.0201. The summed E-state index contributed by atoms with van der Waals surface area (Å²) in [6.07, 6.45) is 13.5. The average molecular weight is 338 g/mol. The van der Waals surface area contributed by atoms with E-state index in [9.17, 15) is 4.79 Å². The Hall–Kier alpha value is -0.0900. The Morgan fingerprint density at radius 2 is 1.86 bits per heavy atom. The van der Waals surface area contributed by atoms with Crippen LogP contribution in [-0.4, -0.2) is 35.2 Å². The smallest absolute Gasteiger partial charge is 0.228 e. The summed E-state index contributed by atoms with van der Waals surface area (Å²) in [6.45, 7) is 0.836. The fourth-order valence-corrected chi connectivity index (χ4v) is 7.86. The molecule has 4 bridgehead atoms. The molecule has 0 aromatic carbocycles. The molecule has 4 fully saturated rings. The van der Waals surface area contributed by atoms with Crippen molar-refractivity contribution in [1.82, 2.24) is 4.90 Å². The van der Waals surface area contributed by atoms with Crippen molar-refractivity contribution in [3.05, 3.63) is 11.0 Å². The summed E-state index contributed by atoms with van der Waals surface area (Å²) in [6, 6.07) is 0. The molecule has 122 valence electrons. The summed E-state index contributed by atoms with van der Waals surface area (Å²) >= 11 is 3.89. The second-order valence-corrected chi connectivity index (χ2v) is 10.7. The molecule has 0 saturated heterocycles. The topological polar surface area (TPSA) is 20.3 Å². The molecule has 1 unspecified atom stereocenters. The van der Waals surface area contributed by atoms with Crippen LogP contribution in [0.1, 0.15) is 44.9 Å². The van der Waals surface area contributed by atoms with Crippen molar-refractivity contribution in [1.29, 1.82) is 0 Å². The Kier molecular flexibility index (Phi) is 4.05. The third-order valence-electron chi connectivity index (χ3n) is 6.32. The summed E-state index contributed by atoms with van der Waals surface area (Å²) < 4.78 is 0.665. The van der Waals surface area contributed by atoms with Gasteiger partial charge in [-0.1, -0.05) is 6.08 Å². The Morgan fingerprint density at radius 3 is 2.36 bits per heavy atom. The highest BCUT2D eigenvalue weighted by Crippen LogP contribution is 2.60. The van der Waals surface area contributed by atoms with Crippen LogP contribution < -0.4 is 0 Å². The third-order valence-corrected chi connectivity index (χ3v) is 8.95. The minimum Gasteiger partial charge on any atom is -0.340 e. The number of rotatable bonds is 4. The SMILES string of the molecule is CSC1CC=C(CN(C)C(=O)C23CC4CC(CC(C4)C2)C3)S1. The molecule has 5 rings (SSSR count). The Labute approximate surface area is 142 Å². The molecule has 22 heavy (non-hydrogen) atoms. The number of nitrogens with zero attached hydrogens (tertiary/aromatic N) is 1. The number of amides is 1. The van der Waals surface area contributed by atoms with Crippen LogP contribution in [0.2, 0.25) is 0 Å². The number of carbonyl (C=O) groups excluding carboxylic acids is 1. The Morgan fingerprint density at radius 1 is 1.27 bits per heavy atom. The molecule has 0 aromatic heterocycles. The van der Waals surface area contributed by atoms with Gasteiger partial charge in [0, 0.05) is 12.0 Å². The van der Waals surface area contributed by atoms with Gasteiger partial charge in [-0.2, -0.15) is 11.8 Å². The van der Waals surface area contributed by atoms with E-state index in [1.807, 2.05) is 30.6 Å². The van der Waals surface area contributed by atoms with Crippen molar-refractivity contribution in [3.8, 4) is 0 Å². The van der Waals surface area contributed by atoms with Gasteiger partial charge in [0.1, 0.15) is 0 Å². The zero-order valence-electron chi connectivity index (χ0n) is 13.7. The van der Waals surface area contributed by atoms with E-state index >= 15 is 0 Å². The van der Waals surface area contributed by atoms with Gasteiger partial charge in [0.05, 0.1) is 16.5 Å². The first-order valence-corrected chi connectivity index (χ1v) is 10.9. The van der Waals surface area contributed by atoms with Gasteiger partial charge in [-0.25, -0.2) is 0 Å². The van der Waals surface area contributed by atoms with Crippen molar-refractivity contribution in [2.45, 2.75) is 49.5 Å². The first-order chi connectivity index (χ1) is 10.6. The maximum Gasteiger partial charge on any atom is 0.228 e. The molecular formula is C18H27NOS2. The lowest BCUT2D eigenvalue weighted by Crippen LogP contribution is -2.54. The standard InChI is InChI=1S/C18H27NOS2/c1-19(11-15-3-4-16(21-2)22-15)17(20)18-8-12-5-13(9-18)7-14(6-12)10-18/h3,12-14,16H,4-11H2,1-2H3. The second kappa shape index (κ2) is 5.77. The van der Waals surface area contributed by atoms with Gasteiger partial charge in [0.25, 0.3) is 0 Å². The molecule has 1 atom stereocenters. The lowest BCUT2D eigenvalue weighted by atomic mass is 9.49. The van der Waals surface area contributed by atoms with E-state index in [1.54, 1.807) is 0 Å². The van der Waals surface area contributed by atoms with Crippen molar-refractivity contribution < 1.29 is 4.79 Å². The van der Waals surface area contributed by atoms with Gasteiger partial charge in [-0.3, -0.25) is 4.79 Å².